The van der Waals surface area contributed by atoms with Gasteiger partial charge in [0.1, 0.15) is 0 Å². The van der Waals surface area contributed by atoms with Crippen molar-refractivity contribution in [3.8, 4) is 0 Å². The molecule has 0 saturated carbocycles. The van der Waals surface area contributed by atoms with E-state index >= 15 is 0 Å². The van der Waals surface area contributed by atoms with Gasteiger partial charge in [-0.15, -0.1) is 6.58 Å². The summed E-state index contributed by atoms with van der Waals surface area (Å²) in [5, 5.41) is 0.147. The molecule has 0 N–H and O–H groups in total. The lowest BCUT2D eigenvalue weighted by Gasteiger charge is -2.40. The largest absolute Gasteiger partial charge is 0.461 e. The Hall–Kier alpha value is -0.878. The van der Waals surface area contributed by atoms with Crippen LogP contribution >= 0.6 is 0 Å². The van der Waals surface area contributed by atoms with Crippen molar-refractivity contribution in [2.75, 3.05) is 0 Å². The Morgan fingerprint density at radius 3 is 2.00 bits per heavy atom. The van der Waals surface area contributed by atoms with E-state index in [4.69, 9.17) is 13.7 Å². The molecule has 1 aromatic carbocycles. The first-order valence-electron chi connectivity index (χ1n) is 11.3. The standard InChI is InChI=1S/C25H43BO3Si/c1-12-13-21(26-28-24(6,7)25(8,9)29-26)18-22(20-16-14-19(2)15-17-20)27-30(10,11)23(3,4)5/h12,14-17,21-22H,1,13,18H2,2-11H3/t21-,22+/m1/s1. The topological polar surface area (TPSA) is 27.7 Å². The summed E-state index contributed by atoms with van der Waals surface area (Å²) in [4.78, 5) is 0. The van der Waals surface area contributed by atoms with Crippen LogP contribution in [0.25, 0.3) is 0 Å². The Balaban J connectivity index is 2.34. The quantitative estimate of drug-likeness (QED) is 0.316. The number of hydrogen-bond acceptors (Lipinski definition) is 3. The monoisotopic (exact) mass is 430 g/mol. The average Bonchev–Trinajstić information content (AvgIpc) is 2.81. The van der Waals surface area contributed by atoms with Gasteiger partial charge in [0.25, 0.3) is 0 Å². The normalized spacial score (nSPS) is 20.8. The van der Waals surface area contributed by atoms with E-state index < -0.39 is 8.32 Å². The van der Waals surface area contributed by atoms with Crippen LogP contribution in [0.1, 0.15) is 78.5 Å². The van der Waals surface area contributed by atoms with Gasteiger partial charge in [0.2, 0.25) is 0 Å². The van der Waals surface area contributed by atoms with Gasteiger partial charge in [0, 0.05) is 5.82 Å². The summed E-state index contributed by atoms with van der Waals surface area (Å²) in [7, 11) is -2.22. The second kappa shape index (κ2) is 8.93. The predicted octanol–water partition coefficient (Wildman–Crippen LogP) is 7.49. The Bertz CT molecular complexity index is 703. The lowest BCUT2D eigenvalue weighted by Crippen LogP contribution is -2.42. The number of aryl methyl sites for hydroxylation is 1. The highest BCUT2D eigenvalue weighted by molar-refractivity contribution is 6.74. The maximum Gasteiger partial charge on any atom is 0.461 e. The highest BCUT2D eigenvalue weighted by atomic mass is 28.4. The Kier molecular flexibility index (Phi) is 7.56. The van der Waals surface area contributed by atoms with Crippen molar-refractivity contribution < 1.29 is 13.7 Å². The van der Waals surface area contributed by atoms with Gasteiger partial charge in [-0.25, -0.2) is 0 Å². The first kappa shape index (κ1) is 25.4. The summed E-state index contributed by atoms with van der Waals surface area (Å²) in [5.74, 6) is 0.180. The third kappa shape index (κ3) is 5.67. The van der Waals surface area contributed by atoms with Gasteiger partial charge in [0.15, 0.2) is 8.32 Å². The van der Waals surface area contributed by atoms with Crippen LogP contribution in [0.2, 0.25) is 23.9 Å². The number of rotatable bonds is 8. The van der Waals surface area contributed by atoms with E-state index in [0.29, 0.717) is 0 Å². The van der Waals surface area contributed by atoms with E-state index in [1.807, 2.05) is 6.08 Å². The van der Waals surface area contributed by atoms with Crippen LogP contribution in [0.3, 0.4) is 0 Å². The molecule has 0 bridgehead atoms. The maximum absolute atomic E-state index is 6.96. The second-order valence-corrected chi connectivity index (χ2v) is 16.2. The van der Waals surface area contributed by atoms with Crippen LogP contribution in [0.15, 0.2) is 36.9 Å². The highest BCUT2D eigenvalue weighted by Crippen LogP contribution is 2.46. The van der Waals surface area contributed by atoms with E-state index in [-0.39, 0.29) is 35.3 Å². The fraction of sp³-hybridized carbons (Fsp3) is 0.680. The Morgan fingerprint density at radius 2 is 1.57 bits per heavy atom. The summed E-state index contributed by atoms with van der Waals surface area (Å²) in [6.45, 7) is 26.1. The van der Waals surface area contributed by atoms with Crippen LogP contribution in [-0.4, -0.2) is 26.6 Å². The second-order valence-electron chi connectivity index (χ2n) is 11.4. The van der Waals surface area contributed by atoms with Crippen LogP contribution in [0.5, 0.6) is 0 Å². The molecule has 2 atom stereocenters. The minimum atomic E-state index is -1.96. The molecule has 1 aliphatic rings. The van der Waals surface area contributed by atoms with E-state index in [9.17, 15) is 0 Å². The lowest BCUT2D eigenvalue weighted by atomic mass is 9.66. The molecule has 2 rings (SSSR count). The molecule has 1 fully saturated rings. The van der Waals surface area contributed by atoms with Crippen molar-refractivity contribution in [1.82, 2.24) is 0 Å². The van der Waals surface area contributed by atoms with E-state index in [1.54, 1.807) is 0 Å². The zero-order chi connectivity index (χ0) is 23.0. The van der Waals surface area contributed by atoms with E-state index in [1.165, 1.54) is 11.1 Å². The summed E-state index contributed by atoms with van der Waals surface area (Å²) in [6.07, 6.45) is 3.67. The molecule has 30 heavy (non-hydrogen) atoms. The van der Waals surface area contributed by atoms with Crippen LogP contribution < -0.4 is 0 Å². The van der Waals surface area contributed by atoms with Gasteiger partial charge in [-0.1, -0.05) is 56.7 Å². The molecule has 0 aromatic heterocycles. The Morgan fingerprint density at radius 1 is 1.07 bits per heavy atom. The predicted molar refractivity (Wildman–Crippen MR) is 131 cm³/mol. The van der Waals surface area contributed by atoms with Crippen LogP contribution in [0.4, 0.5) is 0 Å². The highest BCUT2D eigenvalue weighted by Gasteiger charge is 2.54. The zero-order valence-electron chi connectivity index (χ0n) is 21.0. The molecule has 0 amide bonds. The molecule has 3 nitrogen and oxygen atoms in total. The third-order valence-electron chi connectivity index (χ3n) is 7.33. The molecule has 5 heteroatoms. The molecule has 1 aromatic rings. The molecule has 0 unspecified atom stereocenters. The zero-order valence-corrected chi connectivity index (χ0v) is 22.0. The molecule has 1 heterocycles. The van der Waals surface area contributed by atoms with Gasteiger partial charge in [-0.3, -0.25) is 0 Å². The number of benzene rings is 1. The van der Waals surface area contributed by atoms with Gasteiger partial charge in [-0.05, 0) is 71.2 Å². The van der Waals surface area contributed by atoms with Crippen molar-refractivity contribution in [2.45, 2.75) is 109 Å². The van der Waals surface area contributed by atoms with Crippen molar-refractivity contribution in [1.29, 1.82) is 0 Å². The summed E-state index contributed by atoms with van der Waals surface area (Å²) in [6, 6.07) is 8.77. The molecular weight excluding hydrogens is 387 g/mol. The van der Waals surface area contributed by atoms with Gasteiger partial charge in [-0.2, -0.15) is 0 Å². The van der Waals surface area contributed by atoms with Gasteiger partial charge >= 0.3 is 7.12 Å². The van der Waals surface area contributed by atoms with Crippen molar-refractivity contribution in [3.63, 3.8) is 0 Å². The average molecular weight is 431 g/mol. The smallest absolute Gasteiger partial charge is 0.410 e. The van der Waals surface area contributed by atoms with Crippen LogP contribution in [0, 0.1) is 6.92 Å². The molecule has 1 saturated heterocycles. The molecule has 0 radical (unpaired) electrons. The van der Waals surface area contributed by atoms with E-state index in [2.05, 4.69) is 99.3 Å². The minimum absolute atomic E-state index is 0.00969. The van der Waals surface area contributed by atoms with Gasteiger partial charge in [0.05, 0.1) is 17.3 Å². The van der Waals surface area contributed by atoms with Gasteiger partial charge < -0.3 is 13.7 Å². The third-order valence-corrected chi connectivity index (χ3v) is 11.8. The molecule has 0 aliphatic carbocycles. The Labute approximate surface area is 186 Å². The van der Waals surface area contributed by atoms with Crippen molar-refractivity contribution in [3.05, 3.63) is 48.0 Å². The SMILES string of the molecule is C=CC[C@H](C[C@H](O[Si](C)(C)C(C)(C)C)c1ccc(C)cc1)B1OC(C)(C)C(C)(C)O1. The fourth-order valence-corrected chi connectivity index (χ4v) is 4.75. The fourth-order valence-electron chi connectivity index (χ4n) is 3.45. The van der Waals surface area contributed by atoms with E-state index in [0.717, 1.165) is 12.8 Å². The molecule has 168 valence electrons. The first-order valence-corrected chi connectivity index (χ1v) is 14.2. The maximum atomic E-state index is 6.96. The number of hydrogen-bond donors (Lipinski definition) is 0. The summed E-state index contributed by atoms with van der Waals surface area (Å²) >= 11 is 0. The number of allylic oxidation sites excluding steroid dienone is 1. The summed E-state index contributed by atoms with van der Waals surface area (Å²) < 4.78 is 19.8. The molecule has 0 spiro atoms. The minimum Gasteiger partial charge on any atom is -0.410 e. The molecule has 1 aliphatic heterocycles. The van der Waals surface area contributed by atoms with Crippen LogP contribution in [-0.2, 0) is 13.7 Å². The summed E-state index contributed by atoms with van der Waals surface area (Å²) in [5.41, 5.74) is 1.82. The first-order chi connectivity index (χ1) is 13.6. The van der Waals surface area contributed by atoms with Crippen molar-refractivity contribution in [2.24, 2.45) is 0 Å². The lowest BCUT2D eigenvalue weighted by molar-refractivity contribution is 0.00578. The van der Waals surface area contributed by atoms with Crippen molar-refractivity contribution >= 4 is 15.4 Å². The molecular formula is C25H43BO3Si.